The largest absolute Gasteiger partial charge is 0.381 e. The van der Waals surface area contributed by atoms with Crippen LogP contribution in [0.3, 0.4) is 0 Å². The minimum Gasteiger partial charge on any atom is -0.381 e. The molecule has 1 aromatic rings. The zero-order valence-electron chi connectivity index (χ0n) is 12.8. The average molecular weight is 290 g/mol. The summed E-state index contributed by atoms with van der Waals surface area (Å²) in [4.78, 5) is 11.1. The van der Waals surface area contributed by atoms with Gasteiger partial charge in [0.2, 0.25) is 0 Å². The Labute approximate surface area is 127 Å². The van der Waals surface area contributed by atoms with Crippen molar-refractivity contribution < 1.29 is 4.74 Å². The molecule has 3 rings (SSSR count). The molecule has 1 aromatic heterocycles. The van der Waals surface area contributed by atoms with Gasteiger partial charge in [0.15, 0.2) is 0 Å². The summed E-state index contributed by atoms with van der Waals surface area (Å²) in [6.45, 7) is 5.07. The molecule has 1 atom stereocenters. The van der Waals surface area contributed by atoms with Gasteiger partial charge in [-0.15, -0.1) is 0 Å². The van der Waals surface area contributed by atoms with Crippen LogP contribution >= 0.6 is 0 Å². The molecule has 5 nitrogen and oxygen atoms in total. The maximum atomic E-state index is 5.52. The maximum absolute atomic E-state index is 5.52. The Morgan fingerprint density at radius 2 is 2.10 bits per heavy atom. The fourth-order valence-corrected chi connectivity index (χ4v) is 3.18. The predicted octanol–water partition coefficient (Wildman–Crippen LogP) is 2.70. The number of anilines is 2. The highest BCUT2D eigenvalue weighted by Crippen LogP contribution is 2.20. The van der Waals surface area contributed by atoms with Crippen molar-refractivity contribution in [2.24, 2.45) is 5.92 Å². The van der Waals surface area contributed by atoms with Gasteiger partial charge in [-0.3, -0.25) is 0 Å². The number of rotatable bonds is 5. The number of piperidine rings is 1. The molecule has 1 N–H and O–H groups in total. The number of ether oxygens (including phenoxy) is 1. The third-order valence-electron chi connectivity index (χ3n) is 4.45. The van der Waals surface area contributed by atoms with Gasteiger partial charge in [-0.1, -0.05) is 0 Å². The van der Waals surface area contributed by atoms with Crippen molar-refractivity contribution in [3.8, 4) is 0 Å². The lowest BCUT2D eigenvalue weighted by Crippen LogP contribution is -2.30. The molecule has 0 amide bonds. The van der Waals surface area contributed by atoms with E-state index in [4.69, 9.17) is 4.74 Å². The van der Waals surface area contributed by atoms with E-state index < -0.39 is 0 Å². The number of hydrogen-bond donors (Lipinski definition) is 1. The first-order valence-corrected chi connectivity index (χ1v) is 8.30. The Hall–Kier alpha value is -1.36. The van der Waals surface area contributed by atoms with Crippen molar-refractivity contribution in [2.75, 3.05) is 43.1 Å². The van der Waals surface area contributed by atoms with Crippen molar-refractivity contribution in [1.29, 1.82) is 0 Å². The summed E-state index contributed by atoms with van der Waals surface area (Å²) in [5.74, 6) is 2.71. The molecular formula is C16H26N4O. The smallest absolute Gasteiger partial charge is 0.134 e. The summed E-state index contributed by atoms with van der Waals surface area (Å²) in [6, 6.07) is 2.09. The molecule has 0 spiro atoms. The third-order valence-corrected chi connectivity index (χ3v) is 4.45. The minimum atomic E-state index is 0.703. The maximum Gasteiger partial charge on any atom is 0.134 e. The van der Waals surface area contributed by atoms with Gasteiger partial charge in [-0.05, 0) is 44.4 Å². The molecule has 0 aliphatic carbocycles. The van der Waals surface area contributed by atoms with E-state index in [1.54, 1.807) is 6.33 Å². The fraction of sp³-hybridized carbons (Fsp3) is 0.750. The third kappa shape index (κ3) is 4.30. The van der Waals surface area contributed by atoms with Gasteiger partial charge in [0.05, 0.1) is 0 Å². The van der Waals surface area contributed by atoms with Gasteiger partial charge >= 0.3 is 0 Å². The summed E-state index contributed by atoms with van der Waals surface area (Å²) in [7, 11) is 0. The highest BCUT2D eigenvalue weighted by molar-refractivity contribution is 5.48. The van der Waals surface area contributed by atoms with Gasteiger partial charge in [0.1, 0.15) is 18.0 Å². The lowest BCUT2D eigenvalue weighted by Gasteiger charge is -2.27. The van der Waals surface area contributed by atoms with Crippen LogP contribution in [0.4, 0.5) is 11.6 Å². The SMILES string of the molecule is c1nc(NCCC2CCCOC2)cc(N2CCCCC2)n1. The lowest BCUT2D eigenvalue weighted by atomic mass is 9.99. The summed E-state index contributed by atoms with van der Waals surface area (Å²) in [5, 5.41) is 3.44. The molecule has 0 saturated carbocycles. The Kier molecular flexibility index (Phi) is 5.27. The van der Waals surface area contributed by atoms with Crippen LogP contribution in [0.15, 0.2) is 12.4 Å². The summed E-state index contributed by atoms with van der Waals surface area (Å²) < 4.78 is 5.52. The second-order valence-corrected chi connectivity index (χ2v) is 6.11. The highest BCUT2D eigenvalue weighted by Gasteiger charge is 2.14. The van der Waals surface area contributed by atoms with Crippen molar-refractivity contribution >= 4 is 11.6 Å². The molecule has 2 aliphatic heterocycles. The van der Waals surface area contributed by atoms with Gasteiger partial charge in [-0.2, -0.15) is 0 Å². The van der Waals surface area contributed by atoms with Gasteiger partial charge < -0.3 is 15.0 Å². The van der Waals surface area contributed by atoms with E-state index in [0.29, 0.717) is 5.92 Å². The van der Waals surface area contributed by atoms with Gasteiger partial charge in [0, 0.05) is 38.9 Å². The topological polar surface area (TPSA) is 50.3 Å². The van der Waals surface area contributed by atoms with E-state index in [1.165, 1.54) is 32.1 Å². The Bertz CT molecular complexity index is 428. The van der Waals surface area contributed by atoms with Crippen LogP contribution in [0.1, 0.15) is 38.5 Å². The number of hydrogen-bond acceptors (Lipinski definition) is 5. The van der Waals surface area contributed by atoms with E-state index in [2.05, 4.69) is 26.3 Å². The minimum absolute atomic E-state index is 0.703. The van der Waals surface area contributed by atoms with E-state index in [0.717, 1.165) is 50.9 Å². The first-order valence-electron chi connectivity index (χ1n) is 8.30. The first kappa shape index (κ1) is 14.6. The van der Waals surface area contributed by atoms with Crippen LogP contribution in [0, 0.1) is 5.92 Å². The molecule has 0 radical (unpaired) electrons. The quantitative estimate of drug-likeness (QED) is 0.903. The van der Waals surface area contributed by atoms with Crippen molar-refractivity contribution in [2.45, 2.75) is 38.5 Å². The van der Waals surface area contributed by atoms with Crippen molar-refractivity contribution in [3.05, 3.63) is 12.4 Å². The van der Waals surface area contributed by atoms with Crippen LogP contribution in [0.2, 0.25) is 0 Å². The molecule has 116 valence electrons. The molecular weight excluding hydrogens is 264 g/mol. The monoisotopic (exact) mass is 290 g/mol. The summed E-state index contributed by atoms with van der Waals surface area (Å²) in [5.41, 5.74) is 0. The molecule has 2 saturated heterocycles. The molecule has 2 aliphatic rings. The zero-order chi connectivity index (χ0) is 14.3. The van der Waals surface area contributed by atoms with E-state index in [1.807, 2.05) is 0 Å². The first-order chi connectivity index (χ1) is 10.4. The normalized spacial score (nSPS) is 23.0. The standard InChI is InChI=1S/C16H26N4O/c1-2-8-20(9-3-1)16-11-15(18-13-19-16)17-7-6-14-5-4-10-21-12-14/h11,13-14H,1-10,12H2,(H,17,18,19). The van der Waals surface area contributed by atoms with Crippen molar-refractivity contribution in [1.82, 2.24) is 9.97 Å². The van der Waals surface area contributed by atoms with Crippen LogP contribution in [-0.4, -0.2) is 42.8 Å². The Balaban J connectivity index is 1.48. The van der Waals surface area contributed by atoms with Crippen LogP contribution in [0.5, 0.6) is 0 Å². The lowest BCUT2D eigenvalue weighted by molar-refractivity contribution is 0.0530. The molecule has 1 unspecified atom stereocenters. The Morgan fingerprint density at radius 1 is 1.19 bits per heavy atom. The number of nitrogens with zero attached hydrogens (tertiary/aromatic N) is 3. The molecule has 3 heterocycles. The molecule has 0 aromatic carbocycles. The second-order valence-electron chi connectivity index (χ2n) is 6.11. The second kappa shape index (κ2) is 7.59. The molecule has 5 heteroatoms. The van der Waals surface area contributed by atoms with Crippen molar-refractivity contribution in [3.63, 3.8) is 0 Å². The van der Waals surface area contributed by atoms with Crippen LogP contribution < -0.4 is 10.2 Å². The average Bonchev–Trinajstić information content (AvgIpc) is 2.57. The predicted molar refractivity (Wildman–Crippen MR) is 84.7 cm³/mol. The van der Waals surface area contributed by atoms with Gasteiger partial charge in [-0.25, -0.2) is 9.97 Å². The highest BCUT2D eigenvalue weighted by atomic mass is 16.5. The van der Waals surface area contributed by atoms with E-state index in [-0.39, 0.29) is 0 Å². The van der Waals surface area contributed by atoms with Gasteiger partial charge in [0.25, 0.3) is 0 Å². The molecule has 2 fully saturated rings. The summed E-state index contributed by atoms with van der Waals surface area (Å²) >= 11 is 0. The Morgan fingerprint density at radius 3 is 2.90 bits per heavy atom. The fourth-order valence-electron chi connectivity index (χ4n) is 3.18. The van der Waals surface area contributed by atoms with E-state index in [9.17, 15) is 0 Å². The zero-order valence-corrected chi connectivity index (χ0v) is 12.8. The number of aromatic nitrogens is 2. The van der Waals surface area contributed by atoms with Crippen LogP contribution in [-0.2, 0) is 4.74 Å². The van der Waals surface area contributed by atoms with Crippen LogP contribution in [0.25, 0.3) is 0 Å². The van der Waals surface area contributed by atoms with E-state index >= 15 is 0 Å². The summed E-state index contributed by atoms with van der Waals surface area (Å²) in [6.07, 6.45) is 9.22. The molecule has 21 heavy (non-hydrogen) atoms. The number of nitrogens with one attached hydrogen (secondary N) is 1. The molecule has 0 bridgehead atoms.